The summed E-state index contributed by atoms with van der Waals surface area (Å²) in [5.74, 6) is 0.623. The van der Waals surface area contributed by atoms with Crippen LogP contribution in [0.4, 0.5) is 5.69 Å². The van der Waals surface area contributed by atoms with Gasteiger partial charge >= 0.3 is 5.97 Å². The lowest BCUT2D eigenvalue weighted by Gasteiger charge is -2.08. The van der Waals surface area contributed by atoms with Gasteiger partial charge in [0.2, 0.25) is 0 Å². The van der Waals surface area contributed by atoms with Crippen LogP contribution in [0.15, 0.2) is 53.7 Å². The molecule has 0 saturated heterocycles. The van der Waals surface area contributed by atoms with Crippen LogP contribution in [0.2, 0.25) is 0 Å². The molecular weight excluding hydrogens is 270 g/mol. The van der Waals surface area contributed by atoms with E-state index in [1.54, 1.807) is 49.4 Å². The Labute approximate surface area is 122 Å². The number of carbonyl (C=O) groups excluding carboxylic acids is 1. The average Bonchev–Trinajstić information content (AvgIpc) is 2.48. The molecule has 0 heterocycles. The molecule has 0 amide bonds. The summed E-state index contributed by atoms with van der Waals surface area (Å²) < 4.78 is 10.5. The molecule has 2 aromatic rings. The number of rotatable bonds is 6. The quantitative estimate of drug-likeness (QED) is 0.594. The van der Waals surface area contributed by atoms with E-state index in [9.17, 15) is 9.70 Å². The molecular formula is C16H15NO4. The van der Waals surface area contributed by atoms with Crippen molar-refractivity contribution in [2.24, 2.45) is 5.18 Å². The van der Waals surface area contributed by atoms with Crippen molar-refractivity contribution in [1.82, 2.24) is 0 Å². The highest BCUT2D eigenvalue weighted by Crippen LogP contribution is 2.31. The van der Waals surface area contributed by atoms with E-state index in [0.717, 1.165) is 5.56 Å². The second-order valence-corrected chi connectivity index (χ2v) is 4.29. The molecule has 0 spiro atoms. The summed E-state index contributed by atoms with van der Waals surface area (Å²) in [6, 6.07) is 13.8. The zero-order valence-corrected chi connectivity index (χ0v) is 11.6. The first-order valence-corrected chi connectivity index (χ1v) is 6.57. The second kappa shape index (κ2) is 7.19. The van der Waals surface area contributed by atoms with Crippen LogP contribution >= 0.6 is 0 Å². The van der Waals surface area contributed by atoms with Crippen LogP contribution in [-0.2, 0) is 16.0 Å². The summed E-state index contributed by atoms with van der Waals surface area (Å²) in [7, 11) is 0. The number of hydrogen-bond acceptors (Lipinski definition) is 5. The van der Waals surface area contributed by atoms with Gasteiger partial charge in [-0.05, 0) is 41.9 Å². The first-order chi connectivity index (χ1) is 10.2. The summed E-state index contributed by atoms with van der Waals surface area (Å²) in [6.45, 7) is 2.12. The maximum atomic E-state index is 11.5. The Morgan fingerprint density at radius 2 is 1.95 bits per heavy atom. The van der Waals surface area contributed by atoms with Crippen molar-refractivity contribution < 1.29 is 14.3 Å². The summed E-state index contributed by atoms with van der Waals surface area (Å²) >= 11 is 0. The summed E-state index contributed by atoms with van der Waals surface area (Å²) in [6.07, 6.45) is 0.179. The van der Waals surface area contributed by atoms with Crippen LogP contribution in [-0.4, -0.2) is 12.6 Å². The fraction of sp³-hybridized carbons (Fsp3) is 0.188. The lowest BCUT2D eigenvalue weighted by Crippen LogP contribution is -2.07. The van der Waals surface area contributed by atoms with Gasteiger partial charge in [-0.25, -0.2) is 0 Å². The van der Waals surface area contributed by atoms with Gasteiger partial charge in [0.15, 0.2) is 11.4 Å². The molecule has 2 aromatic carbocycles. The SMILES string of the molecule is CCOC(=O)Cc1cccc(Oc2ccccc2N=O)c1. The topological polar surface area (TPSA) is 65.0 Å². The molecule has 0 aliphatic rings. The van der Waals surface area contributed by atoms with Crippen LogP contribution in [0.5, 0.6) is 11.5 Å². The zero-order valence-electron chi connectivity index (χ0n) is 11.6. The number of nitroso groups, excluding NO2 is 1. The van der Waals surface area contributed by atoms with Crippen molar-refractivity contribution in [3.05, 3.63) is 59.0 Å². The molecule has 0 aliphatic carbocycles. The number of ether oxygens (including phenoxy) is 2. The first kappa shape index (κ1) is 14.7. The van der Waals surface area contributed by atoms with Gasteiger partial charge in [-0.3, -0.25) is 4.79 Å². The molecule has 5 nitrogen and oxygen atoms in total. The van der Waals surface area contributed by atoms with E-state index in [-0.39, 0.29) is 18.1 Å². The van der Waals surface area contributed by atoms with E-state index < -0.39 is 0 Å². The summed E-state index contributed by atoms with van der Waals surface area (Å²) in [5, 5.41) is 2.91. The highest BCUT2D eigenvalue weighted by atomic mass is 16.5. The molecule has 0 fully saturated rings. The fourth-order valence-electron chi connectivity index (χ4n) is 1.84. The Bertz CT molecular complexity index is 640. The third kappa shape index (κ3) is 4.14. The Morgan fingerprint density at radius 1 is 1.14 bits per heavy atom. The predicted octanol–water partition coefficient (Wildman–Crippen LogP) is 3.98. The molecule has 108 valence electrons. The highest BCUT2D eigenvalue weighted by Gasteiger charge is 2.07. The van der Waals surface area contributed by atoms with Gasteiger partial charge in [-0.15, -0.1) is 4.91 Å². The largest absolute Gasteiger partial charge is 0.466 e. The number of nitrogens with zero attached hydrogens (tertiary/aromatic N) is 1. The standard InChI is InChI=1S/C16H15NO4/c1-2-20-16(18)11-12-6-5-7-13(10-12)21-15-9-4-3-8-14(15)17-19/h3-10H,2,11H2,1H3. The molecule has 0 unspecified atom stereocenters. The number of carbonyl (C=O) groups is 1. The Balaban J connectivity index is 2.14. The lowest BCUT2D eigenvalue weighted by atomic mass is 10.1. The second-order valence-electron chi connectivity index (χ2n) is 4.29. The van der Waals surface area contributed by atoms with Crippen molar-refractivity contribution in [3.63, 3.8) is 0 Å². The number of hydrogen-bond donors (Lipinski definition) is 0. The van der Waals surface area contributed by atoms with E-state index in [1.165, 1.54) is 0 Å². The van der Waals surface area contributed by atoms with Crippen molar-refractivity contribution in [1.29, 1.82) is 0 Å². The lowest BCUT2D eigenvalue weighted by molar-refractivity contribution is -0.142. The van der Waals surface area contributed by atoms with Crippen LogP contribution in [0.25, 0.3) is 0 Å². The first-order valence-electron chi connectivity index (χ1n) is 6.57. The highest BCUT2D eigenvalue weighted by molar-refractivity contribution is 5.72. The Morgan fingerprint density at radius 3 is 2.71 bits per heavy atom. The third-order valence-corrected chi connectivity index (χ3v) is 2.74. The Hall–Kier alpha value is -2.69. The van der Waals surface area contributed by atoms with Gasteiger partial charge in [0.1, 0.15) is 5.75 Å². The normalized spacial score (nSPS) is 9.95. The zero-order chi connectivity index (χ0) is 15.1. The minimum Gasteiger partial charge on any atom is -0.466 e. The van der Waals surface area contributed by atoms with E-state index in [4.69, 9.17) is 9.47 Å². The maximum absolute atomic E-state index is 11.5. The maximum Gasteiger partial charge on any atom is 0.310 e. The van der Waals surface area contributed by atoms with Crippen molar-refractivity contribution in [3.8, 4) is 11.5 Å². The molecule has 0 saturated carbocycles. The molecule has 0 aromatic heterocycles. The van der Waals surface area contributed by atoms with Gasteiger partial charge in [-0.2, -0.15) is 0 Å². The van der Waals surface area contributed by atoms with Crippen molar-refractivity contribution in [2.45, 2.75) is 13.3 Å². The molecule has 0 bridgehead atoms. The molecule has 2 rings (SSSR count). The smallest absolute Gasteiger partial charge is 0.310 e. The van der Waals surface area contributed by atoms with Gasteiger partial charge < -0.3 is 9.47 Å². The number of para-hydroxylation sites is 1. The van der Waals surface area contributed by atoms with Gasteiger partial charge in [-0.1, -0.05) is 24.3 Å². The Kier molecular flexibility index (Phi) is 5.04. The minimum atomic E-state index is -0.287. The monoisotopic (exact) mass is 285 g/mol. The van der Waals surface area contributed by atoms with E-state index in [1.807, 2.05) is 6.07 Å². The average molecular weight is 285 g/mol. The molecule has 0 N–H and O–H groups in total. The predicted molar refractivity (Wildman–Crippen MR) is 78.8 cm³/mol. The fourth-order valence-corrected chi connectivity index (χ4v) is 1.84. The van der Waals surface area contributed by atoms with Gasteiger partial charge in [0.25, 0.3) is 0 Å². The van der Waals surface area contributed by atoms with E-state index in [0.29, 0.717) is 18.1 Å². The van der Waals surface area contributed by atoms with Crippen LogP contribution in [0.3, 0.4) is 0 Å². The molecule has 0 atom stereocenters. The minimum absolute atomic E-state index is 0.179. The van der Waals surface area contributed by atoms with Crippen LogP contribution in [0, 0.1) is 4.91 Å². The van der Waals surface area contributed by atoms with Crippen molar-refractivity contribution in [2.75, 3.05) is 6.61 Å². The summed E-state index contributed by atoms with van der Waals surface area (Å²) in [5.41, 5.74) is 1.01. The molecule has 21 heavy (non-hydrogen) atoms. The van der Waals surface area contributed by atoms with Crippen LogP contribution < -0.4 is 4.74 Å². The van der Waals surface area contributed by atoms with Crippen LogP contribution in [0.1, 0.15) is 12.5 Å². The molecule has 0 aliphatic heterocycles. The van der Waals surface area contributed by atoms with E-state index in [2.05, 4.69) is 5.18 Å². The number of benzene rings is 2. The molecule has 0 radical (unpaired) electrons. The van der Waals surface area contributed by atoms with Gasteiger partial charge in [0, 0.05) is 0 Å². The summed E-state index contributed by atoms with van der Waals surface area (Å²) in [4.78, 5) is 22.2. The van der Waals surface area contributed by atoms with E-state index >= 15 is 0 Å². The molecule has 5 heteroatoms. The number of esters is 1. The third-order valence-electron chi connectivity index (χ3n) is 2.74. The van der Waals surface area contributed by atoms with Crippen molar-refractivity contribution >= 4 is 11.7 Å². The van der Waals surface area contributed by atoms with Gasteiger partial charge in [0.05, 0.1) is 13.0 Å².